The third-order valence-electron chi connectivity index (χ3n) is 2.56. The number of anilines is 1. The molecular weight excluding hydrogens is 289 g/mol. The van der Waals surface area contributed by atoms with Crippen LogP contribution in [0.2, 0.25) is 10.0 Å². The number of amides is 1. The van der Waals surface area contributed by atoms with Gasteiger partial charge in [0.25, 0.3) is 0 Å². The van der Waals surface area contributed by atoms with Crippen LogP contribution >= 0.6 is 23.2 Å². The highest BCUT2D eigenvalue weighted by Gasteiger charge is 2.37. The number of carbonyl (C=O) groups is 2. The fraction of sp³-hybridized carbons (Fsp3) is 0.385. The molecule has 19 heavy (non-hydrogen) atoms. The lowest BCUT2D eigenvalue weighted by atomic mass is 9.80. The predicted octanol–water partition coefficient (Wildman–Crippen LogP) is 3.68. The second-order valence-electron chi connectivity index (χ2n) is 5.25. The van der Waals surface area contributed by atoms with Crippen molar-refractivity contribution in [3.05, 3.63) is 28.2 Å². The highest BCUT2D eigenvalue weighted by molar-refractivity contribution is 6.35. The average molecular weight is 304 g/mol. The van der Waals surface area contributed by atoms with Crippen LogP contribution in [0, 0.1) is 11.3 Å². The van der Waals surface area contributed by atoms with E-state index in [4.69, 9.17) is 28.3 Å². The Bertz CT molecular complexity index is 509. The van der Waals surface area contributed by atoms with Crippen molar-refractivity contribution in [1.82, 2.24) is 0 Å². The summed E-state index contributed by atoms with van der Waals surface area (Å²) in [5.41, 5.74) is -0.407. The standard InChI is InChI=1S/C13H15Cl2NO3/c1-13(2,3)10(12(18)19)11(17)16-9-6-7(14)4-5-8(9)15/h4-6,10H,1-3H3,(H,16,17)(H,18,19). The van der Waals surface area contributed by atoms with Crippen LogP contribution < -0.4 is 5.32 Å². The number of rotatable bonds is 3. The molecule has 0 heterocycles. The van der Waals surface area contributed by atoms with Crippen molar-refractivity contribution >= 4 is 40.8 Å². The molecule has 0 aliphatic rings. The lowest BCUT2D eigenvalue weighted by Crippen LogP contribution is -2.39. The maximum absolute atomic E-state index is 12.1. The summed E-state index contributed by atoms with van der Waals surface area (Å²) >= 11 is 11.7. The van der Waals surface area contributed by atoms with Crippen molar-refractivity contribution in [2.75, 3.05) is 5.32 Å². The second-order valence-corrected chi connectivity index (χ2v) is 6.09. The molecule has 0 aromatic heterocycles. The highest BCUT2D eigenvalue weighted by atomic mass is 35.5. The van der Waals surface area contributed by atoms with Crippen LogP contribution in [0.4, 0.5) is 5.69 Å². The maximum atomic E-state index is 12.1. The molecule has 0 aliphatic heterocycles. The van der Waals surface area contributed by atoms with Gasteiger partial charge < -0.3 is 10.4 Å². The van der Waals surface area contributed by atoms with Crippen LogP contribution in [0.1, 0.15) is 20.8 Å². The Labute approximate surface area is 121 Å². The number of aliphatic carboxylic acids is 1. The van der Waals surface area contributed by atoms with Crippen molar-refractivity contribution in [2.45, 2.75) is 20.8 Å². The van der Waals surface area contributed by atoms with Gasteiger partial charge in [-0.2, -0.15) is 0 Å². The molecule has 1 rings (SSSR count). The fourth-order valence-electron chi connectivity index (χ4n) is 1.67. The topological polar surface area (TPSA) is 66.4 Å². The lowest BCUT2D eigenvalue weighted by molar-refractivity contribution is -0.149. The Morgan fingerprint density at radius 1 is 1.26 bits per heavy atom. The van der Waals surface area contributed by atoms with E-state index in [1.54, 1.807) is 26.8 Å². The number of carboxylic acids is 1. The van der Waals surface area contributed by atoms with Crippen molar-refractivity contribution in [3.63, 3.8) is 0 Å². The van der Waals surface area contributed by atoms with Gasteiger partial charge in [0, 0.05) is 5.02 Å². The van der Waals surface area contributed by atoms with Crippen LogP contribution in [0.3, 0.4) is 0 Å². The van der Waals surface area contributed by atoms with Crippen molar-refractivity contribution in [2.24, 2.45) is 11.3 Å². The summed E-state index contributed by atoms with van der Waals surface area (Å²) in [4.78, 5) is 23.3. The van der Waals surface area contributed by atoms with Gasteiger partial charge in [0.05, 0.1) is 10.7 Å². The molecule has 1 atom stereocenters. The summed E-state index contributed by atoms with van der Waals surface area (Å²) in [6.45, 7) is 5.06. The monoisotopic (exact) mass is 303 g/mol. The summed E-state index contributed by atoms with van der Waals surface area (Å²) < 4.78 is 0. The number of halogens is 2. The van der Waals surface area contributed by atoms with Gasteiger partial charge in [-0.25, -0.2) is 0 Å². The summed E-state index contributed by atoms with van der Waals surface area (Å²) in [5, 5.41) is 12.4. The van der Waals surface area contributed by atoms with Crippen molar-refractivity contribution in [1.29, 1.82) is 0 Å². The molecule has 0 spiro atoms. The molecule has 4 nitrogen and oxygen atoms in total. The number of benzene rings is 1. The largest absolute Gasteiger partial charge is 0.481 e. The second kappa shape index (κ2) is 5.80. The van der Waals surface area contributed by atoms with Gasteiger partial charge in [0.15, 0.2) is 0 Å². The third-order valence-corrected chi connectivity index (χ3v) is 3.13. The van der Waals surface area contributed by atoms with Gasteiger partial charge in [-0.3, -0.25) is 9.59 Å². The Hall–Kier alpha value is -1.26. The molecule has 0 bridgehead atoms. The Morgan fingerprint density at radius 3 is 2.32 bits per heavy atom. The summed E-state index contributed by atoms with van der Waals surface area (Å²) in [5.74, 6) is -2.98. The fourth-order valence-corrected chi connectivity index (χ4v) is 2.01. The Morgan fingerprint density at radius 2 is 1.84 bits per heavy atom. The van der Waals surface area contributed by atoms with Crippen LogP contribution in [0.15, 0.2) is 18.2 Å². The molecule has 0 fully saturated rings. The van der Waals surface area contributed by atoms with Gasteiger partial charge in [0.2, 0.25) is 5.91 Å². The van der Waals surface area contributed by atoms with E-state index in [-0.39, 0.29) is 0 Å². The zero-order valence-corrected chi connectivity index (χ0v) is 12.3. The summed E-state index contributed by atoms with van der Waals surface area (Å²) in [6.07, 6.45) is 0. The van der Waals surface area contributed by atoms with Crippen molar-refractivity contribution < 1.29 is 14.7 Å². The minimum Gasteiger partial charge on any atom is -0.481 e. The molecule has 2 N–H and O–H groups in total. The van der Waals surface area contributed by atoms with Gasteiger partial charge in [-0.1, -0.05) is 44.0 Å². The first-order valence-electron chi connectivity index (χ1n) is 5.61. The molecule has 1 unspecified atom stereocenters. The van der Waals surface area contributed by atoms with Crippen LogP contribution in [-0.4, -0.2) is 17.0 Å². The average Bonchev–Trinajstić information content (AvgIpc) is 2.20. The number of carboxylic acid groups (broad SMARTS) is 1. The van der Waals surface area contributed by atoms with E-state index in [1.807, 2.05) is 0 Å². The molecule has 0 saturated heterocycles. The SMILES string of the molecule is CC(C)(C)C(C(=O)O)C(=O)Nc1cc(Cl)ccc1Cl. The lowest BCUT2D eigenvalue weighted by Gasteiger charge is -2.26. The Balaban J connectivity index is 3.01. The van der Waals surface area contributed by atoms with E-state index in [9.17, 15) is 9.59 Å². The molecule has 0 aliphatic carbocycles. The molecular formula is C13H15Cl2NO3. The molecule has 1 aromatic rings. The molecule has 1 amide bonds. The smallest absolute Gasteiger partial charge is 0.316 e. The molecule has 104 valence electrons. The summed E-state index contributed by atoms with van der Waals surface area (Å²) in [6, 6.07) is 4.59. The van der Waals surface area contributed by atoms with Crippen LogP contribution in [-0.2, 0) is 9.59 Å². The van der Waals surface area contributed by atoms with E-state index < -0.39 is 23.2 Å². The first-order chi connectivity index (χ1) is 8.62. The number of hydrogen-bond donors (Lipinski definition) is 2. The van der Waals surface area contributed by atoms with E-state index in [0.717, 1.165) is 0 Å². The van der Waals surface area contributed by atoms with Crippen LogP contribution in [0.25, 0.3) is 0 Å². The van der Waals surface area contributed by atoms with Crippen LogP contribution in [0.5, 0.6) is 0 Å². The number of carbonyl (C=O) groups excluding carboxylic acids is 1. The van der Waals surface area contributed by atoms with Gasteiger partial charge >= 0.3 is 5.97 Å². The molecule has 1 aromatic carbocycles. The maximum Gasteiger partial charge on any atom is 0.316 e. The number of hydrogen-bond acceptors (Lipinski definition) is 2. The van der Waals surface area contributed by atoms with Crippen molar-refractivity contribution in [3.8, 4) is 0 Å². The molecule has 0 saturated carbocycles. The highest BCUT2D eigenvalue weighted by Crippen LogP contribution is 2.30. The third kappa shape index (κ3) is 4.11. The van der Waals surface area contributed by atoms with E-state index in [1.165, 1.54) is 12.1 Å². The predicted molar refractivity (Wildman–Crippen MR) is 75.7 cm³/mol. The Kier molecular flexibility index (Phi) is 4.82. The van der Waals surface area contributed by atoms with E-state index in [0.29, 0.717) is 15.7 Å². The number of nitrogens with one attached hydrogen (secondary N) is 1. The molecule has 6 heteroatoms. The van der Waals surface area contributed by atoms with E-state index in [2.05, 4.69) is 5.32 Å². The van der Waals surface area contributed by atoms with E-state index >= 15 is 0 Å². The minimum atomic E-state index is -1.18. The van der Waals surface area contributed by atoms with Gasteiger partial charge in [-0.05, 0) is 23.6 Å². The molecule has 0 radical (unpaired) electrons. The van der Waals surface area contributed by atoms with Gasteiger partial charge in [0.1, 0.15) is 5.92 Å². The van der Waals surface area contributed by atoms with Gasteiger partial charge in [-0.15, -0.1) is 0 Å². The normalized spacial score (nSPS) is 12.9. The first-order valence-corrected chi connectivity index (χ1v) is 6.37. The zero-order valence-electron chi connectivity index (χ0n) is 10.8. The summed E-state index contributed by atoms with van der Waals surface area (Å²) in [7, 11) is 0. The minimum absolute atomic E-state index is 0.301. The first kappa shape index (κ1) is 15.8. The quantitative estimate of drug-likeness (QED) is 0.837. The zero-order chi connectivity index (χ0) is 14.8.